The third-order valence-corrected chi connectivity index (χ3v) is 8.46. The first-order valence-electron chi connectivity index (χ1n) is 16.0. The van der Waals surface area contributed by atoms with E-state index in [0.29, 0.717) is 0 Å². The summed E-state index contributed by atoms with van der Waals surface area (Å²) in [5.41, 5.74) is 0. The molecular formula is C24F54N2. The molecule has 2 nitrogen and oxygen atoms in total. The molecule has 0 radical (unpaired) electrons. The summed E-state index contributed by atoms with van der Waals surface area (Å²) in [4.78, 5) is -11.7. The number of alkyl halides is 54. The smallest absolute Gasteiger partial charge is 0.192 e. The van der Waals surface area contributed by atoms with Gasteiger partial charge in [-0.05, 0) is 0 Å². The minimum absolute atomic E-state index is 4.56. The molecule has 0 spiro atoms. The Balaban J connectivity index is 0. The monoisotopic (exact) mass is 1340 g/mol. The van der Waals surface area contributed by atoms with Gasteiger partial charge in [-0.3, -0.25) is 0 Å². The summed E-state index contributed by atoms with van der Waals surface area (Å²) in [6.07, 6.45) is -49.0. The Labute approximate surface area is 393 Å². The molecule has 0 aromatic rings. The molecule has 0 aromatic heterocycles. The quantitative estimate of drug-likeness (QED) is 0.0997. The highest BCUT2D eigenvalue weighted by Crippen LogP contribution is 2.70. The molecule has 56 heteroatoms. The summed E-state index contributed by atoms with van der Waals surface area (Å²) < 4.78 is 704. The molecule has 0 N–H and O–H groups in total. The Morgan fingerprint density at radius 2 is 0.200 bits per heavy atom. The van der Waals surface area contributed by atoms with Gasteiger partial charge >= 0.3 is 144 Å². The van der Waals surface area contributed by atoms with E-state index in [4.69, 9.17) is 0 Å². The van der Waals surface area contributed by atoms with Crippen molar-refractivity contribution < 1.29 is 237 Å². The predicted molar refractivity (Wildman–Crippen MR) is 129 cm³/mol. The lowest BCUT2D eigenvalue weighted by Crippen LogP contribution is -2.83. The van der Waals surface area contributed by atoms with Crippen LogP contribution < -0.4 is 0 Å². The topological polar surface area (TPSA) is 6.48 Å². The van der Waals surface area contributed by atoms with Crippen LogP contribution in [-0.2, 0) is 0 Å². The summed E-state index contributed by atoms with van der Waals surface area (Å²) in [5.74, 6) is -121. The summed E-state index contributed by atoms with van der Waals surface area (Å²) in [5, 5.41) is 0. The largest absolute Gasteiger partial charge is 0.469 e. The lowest BCUT2D eigenvalue weighted by atomic mass is 9.91. The van der Waals surface area contributed by atoms with Crippen molar-refractivity contribution in [2.45, 2.75) is 144 Å². The maximum Gasteiger partial charge on any atom is 0.469 e. The Hall–Kier alpha value is -3.86. The maximum atomic E-state index is 14.5. The Morgan fingerprint density at radius 1 is 0.100 bits per heavy atom. The van der Waals surface area contributed by atoms with Gasteiger partial charge in [0.1, 0.15) is 0 Å². The highest BCUT2D eigenvalue weighted by molar-refractivity contribution is 5.18. The molecule has 0 saturated heterocycles. The van der Waals surface area contributed by atoms with E-state index in [0.717, 1.165) is 0 Å². The SMILES string of the molecule is FC(F)(F)C(F)(F)C(F)(F)C(F)(F)C(F)(F)C(F)(F)N(C(F)(F)C(F)(F)C(F)(F)C(F)(F)C(F)(F)C(F)(F)F)C(F)(F)C(F)(F)C(F)(F)C(F)(F)C(F)(F)C(F)(F)F.FC(F)(F)C(F)(F)N(C(F)(F)C(F)(F)F)C(F)(F)C(F)(F)F. The summed E-state index contributed by atoms with van der Waals surface area (Å²) in [6, 6.07) is -56.5. The van der Waals surface area contributed by atoms with Crippen molar-refractivity contribution >= 4 is 0 Å². The Kier molecular flexibility index (Phi) is 18.9. The highest BCUT2D eigenvalue weighted by Gasteiger charge is 3.01. The van der Waals surface area contributed by atoms with Crippen molar-refractivity contribution in [3.8, 4) is 0 Å². The molecule has 0 bridgehead atoms. The van der Waals surface area contributed by atoms with Crippen molar-refractivity contribution in [3.63, 3.8) is 0 Å². The maximum absolute atomic E-state index is 14.5. The third-order valence-electron chi connectivity index (χ3n) is 8.46. The van der Waals surface area contributed by atoms with Crippen LogP contribution >= 0.6 is 0 Å². The lowest BCUT2D eigenvalue weighted by molar-refractivity contribution is -0.534. The van der Waals surface area contributed by atoms with E-state index in [1.807, 2.05) is 0 Å². The zero-order chi connectivity index (χ0) is 67.2. The molecule has 0 heterocycles. The van der Waals surface area contributed by atoms with Crippen molar-refractivity contribution in [1.82, 2.24) is 9.80 Å². The molecule has 0 amide bonds. The number of nitrogens with zero attached hydrogens (tertiary/aromatic N) is 2. The fraction of sp³-hybridized carbons (Fsp3) is 1.00. The third kappa shape index (κ3) is 10.5. The first-order valence-corrected chi connectivity index (χ1v) is 16.0. The minimum Gasteiger partial charge on any atom is -0.192 e. The second-order valence-corrected chi connectivity index (χ2v) is 13.8. The first-order chi connectivity index (χ1) is 33.2. The number of hydrogen-bond acceptors (Lipinski definition) is 2. The van der Waals surface area contributed by atoms with Crippen LogP contribution in [0.5, 0.6) is 0 Å². The van der Waals surface area contributed by atoms with Gasteiger partial charge in [-0.25, -0.2) is 0 Å². The zero-order valence-electron chi connectivity index (χ0n) is 33.3. The van der Waals surface area contributed by atoms with Crippen LogP contribution in [0.3, 0.4) is 0 Å². The number of rotatable bonds is 18. The van der Waals surface area contributed by atoms with Crippen LogP contribution in [0.4, 0.5) is 237 Å². The molecule has 0 aliphatic heterocycles. The van der Waals surface area contributed by atoms with Gasteiger partial charge in [-0.2, -0.15) is 237 Å². The normalized spacial score (nSPS) is 17.1. The van der Waals surface area contributed by atoms with Crippen LogP contribution in [0, 0.1) is 0 Å². The van der Waals surface area contributed by atoms with Crippen molar-refractivity contribution in [3.05, 3.63) is 0 Å². The molecule has 0 aliphatic rings. The van der Waals surface area contributed by atoms with E-state index in [9.17, 15) is 237 Å². The van der Waals surface area contributed by atoms with Crippen LogP contribution in [0.25, 0.3) is 0 Å². The van der Waals surface area contributed by atoms with E-state index in [2.05, 4.69) is 0 Å². The lowest BCUT2D eigenvalue weighted by Gasteiger charge is -2.51. The van der Waals surface area contributed by atoms with Gasteiger partial charge in [0, 0.05) is 0 Å². The van der Waals surface area contributed by atoms with Gasteiger partial charge < -0.3 is 0 Å². The predicted octanol–water partition coefficient (Wildman–Crippen LogP) is 17.1. The average molecular weight is 1340 g/mol. The average Bonchev–Trinajstić information content (AvgIpc) is 3.13. The van der Waals surface area contributed by atoms with Crippen molar-refractivity contribution in [2.75, 3.05) is 0 Å². The molecule has 0 aliphatic carbocycles. The molecule has 0 aromatic carbocycles. The molecule has 80 heavy (non-hydrogen) atoms. The van der Waals surface area contributed by atoms with Crippen LogP contribution in [0.1, 0.15) is 0 Å². The van der Waals surface area contributed by atoms with Gasteiger partial charge in [-0.1, -0.05) is 4.90 Å². The molecular weight excluding hydrogens is 1340 g/mol. The molecule has 0 unspecified atom stereocenters. The first kappa shape index (κ1) is 78.2. The van der Waals surface area contributed by atoms with Crippen LogP contribution in [0.15, 0.2) is 0 Å². The fourth-order valence-corrected chi connectivity index (χ4v) is 4.14. The summed E-state index contributed by atoms with van der Waals surface area (Å²) in [6.45, 7) is 0. The standard InChI is InChI=1S/C18F39N.C6F15N/c19-1(20,7(31,32)13(43,44)45)4(25,26)10(37,38)16(52,53)58(17(54,55)11(39,40)5(27,28)2(21,22)8(33,34)14(46,47)48)18(56,57)12(41,42)6(29,30)3(23,24)9(35,36)15(49,50)51;7-1(8,9)4(16,17)22(5(18,19)2(10,11)12)6(20,21)3(13,14)15. The molecule has 0 atom stereocenters. The number of hydrogen-bond donors (Lipinski definition) is 0. The van der Waals surface area contributed by atoms with E-state index in [-0.39, 0.29) is 0 Å². The minimum atomic E-state index is -11.0. The Bertz CT molecular complexity index is 1880. The van der Waals surface area contributed by atoms with E-state index >= 15 is 0 Å². The molecule has 0 fully saturated rings. The van der Waals surface area contributed by atoms with Gasteiger partial charge in [0.25, 0.3) is 0 Å². The van der Waals surface area contributed by atoms with Gasteiger partial charge in [-0.15, -0.1) is 4.90 Å². The molecule has 0 rings (SSSR count). The molecule has 0 saturated carbocycles. The molecule has 484 valence electrons. The summed E-state index contributed by atoms with van der Waals surface area (Å²) >= 11 is 0. The van der Waals surface area contributed by atoms with E-state index in [1.165, 1.54) is 0 Å². The van der Waals surface area contributed by atoms with Gasteiger partial charge in [0.2, 0.25) is 0 Å². The van der Waals surface area contributed by atoms with Gasteiger partial charge in [0.05, 0.1) is 0 Å². The summed E-state index contributed by atoms with van der Waals surface area (Å²) in [7, 11) is 0. The van der Waals surface area contributed by atoms with E-state index in [1.54, 1.807) is 0 Å². The van der Waals surface area contributed by atoms with Crippen LogP contribution in [0.2, 0.25) is 0 Å². The Morgan fingerprint density at radius 3 is 0.300 bits per heavy atom. The van der Waals surface area contributed by atoms with Crippen LogP contribution in [-0.4, -0.2) is 154 Å². The van der Waals surface area contributed by atoms with Crippen molar-refractivity contribution in [2.24, 2.45) is 0 Å². The zero-order valence-corrected chi connectivity index (χ0v) is 33.3. The second kappa shape index (κ2) is 19.3. The van der Waals surface area contributed by atoms with E-state index < -0.39 is 154 Å². The number of halogens is 54. The second-order valence-electron chi connectivity index (χ2n) is 13.8. The fourth-order valence-electron chi connectivity index (χ4n) is 4.14. The van der Waals surface area contributed by atoms with Gasteiger partial charge in [0.15, 0.2) is 0 Å². The highest BCUT2D eigenvalue weighted by atomic mass is 19.5. The van der Waals surface area contributed by atoms with Crippen molar-refractivity contribution in [1.29, 1.82) is 0 Å².